The van der Waals surface area contributed by atoms with E-state index in [4.69, 9.17) is 0 Å². The van der Waals surface area contributed by atoms with Crippen LogP contribution in [0.25, 0.3) is 0 Å². The van der Waals surface area contributed by atoms with Crippen molar-refractivity contribution in [3.8, 4) is 0 Å². The number of amides is 1. The van der Waals surface area contributed by atoms with Gasteiger partial charge in [0.25, 0.3) is 0 Å². The van der Waals surface area contributed by atoms with Crippen molar-refractivity contribution in [3.05, 3.63) is 65.7 Å². The lowest BCUT2D eigenvalue weighted by molar-refractivity contribution is -0.120. The summed E-state index contributed by atoms with van der Waals surface area (Å²) in [6, 6.07) is 17.4. The van der Waals surface area contributed by atoms with Crippen LogP contribution in [0.2, 0.25) is 0 Å². The average Bonchev–Trinajstić information content (AvgIpc) is 3.06. The molecule has 1 N–H and O–H groups in total. The van der Waals surface area contributed by atoms with Crippen molar-refractivity contribution in [1.82, 2.24) is 5.32 Å². The first-order chi connectivity index (χ1) is 12.1. The van der Waals surface area contributed by atoms with Crippen molar-refractivity contribution < 1.29 is 13.2 Å². The highest BCUT2D eigenvalue weighted by Gasteiger charge is 2.29. The molecule has 0 bridgehead atoms. The first-order valence-corrected chi connectivity index (χ1v) is 10.1. The molecular formula is C19H22N2O3S. The normalized spacial score (nSPS) is 13.5. The van der Waals surface area contributed by atoms with Gasteiger partial charge in [-0.2, -0.15) is 0 Å². The Balaban J connectivity index is 1.48. The van der Waals surface area contributed by atoms with Crippen molar-refractivity contribution in [2.75, 3.05) is 23.1 Å². The van der Waals surface area contributed by atoms with Gasteiger partial charge in [0.05, 0.1) is 11.4 Å². The minimum atomic E-state index is -3.47. The van der Waals surface area contributed by atoms with Gasteiger partial charge in [-0.1, -0.05) is 48.5 Å². The van der Waals surface area contributed by atoms with Crippen LogP contribution in [0.4, 0.5) is 5.69 Å². The average molecular weight is 358 g/mol. The highest BCUT2D eigenvalue weighted by molar-refractivity contribution is 7.92. The Kier molecular flexibility index (Phi) is 5.38. The first kappa shape index (κ1) is 17.5. The molecule has 3 rings (SSSR count). The maximum atomic E-state index is 12.5. The maximum Gasteiger partial charge on any atom is 0.235 e. The van der Waals surface area contributed by atoms with Crippen LogP contribution in [-0.4, -0.2) is 33.2 Å². The SMILES string of the molecule is O=C(CCS(=O)(=O)N1CCc2ccccc21)NCCc1ccccc1. The number of sulfonamides is 1. The van der Waals surface area contributed by atoms with E-state index in [1.807, 2.05) is 54.6 Å². The Bertz CT molecular complexity index is 835. The Morgan fingerprint density at radius 1 is 1.04 bits per heavy atom. The number of anilines is 1. The van der Waals surface area contributed by atoms with Gasteiger partial charge in [-0.15, -0.1) is 0 Å². The fraction of sp³-hybridized carbons (Fsp3) is 0.316. The lowest BCUT2D eigenvalue weighted by Crippen LogP contribution is -2.34. The van der Waals surface area contributed by atoms with E-state index >= 15 is 0 Å². The smallest absolute Gasteiger partial charge is 0.235 e. The van der Waals surface area contributed by atoms with Crippen LogP contribution >= 0.6 is 0 Å². The van der Waals surface area contributed by atoms with Gasteiger partial charge in [0.15, 0.2) is 0 Å². The van der Waals surface area contributed by atoms with Gasteiger partial charge in [0, 0.05) is 19.5 Å². The number of para-hydroxylation sites is 1. The lowest BCUT2D eigenvalue weighted by Gasteiger charge is -2.19. The summed E-state index contributed by atoms with van der Waals surface area (Å²) in [7, 11) is -3.47. The lowest BCUT2D eigenvalue weighted by atomic mass is 10.1. The Labute approximate surface area is 148 Å². The fourth-order valence-corrected chi connectivity index (χ4v) is 4.52. The number of rotatable bonds is 7. The molecule has 0 saturated carbocycles. The standard InChI is InChI=1S/C19H22N2O3S/c22-19(20-13-10-16-6-2-1-3-7-16)12-15-25(23,24)21-14-11-17-8-4-5-9-18(17)21/h1-9H,10-15H2,(H,20,22). The molecule has 1 amide bonds. The summed E-state index contributed by atoms with van der Waals surface area (Å²) in [5, 5.41) is 2.79. The molecule has 2 aromatic rings. The van der Waals surface area contributed by atoms with E-state index in [-0.39, 0.29) is 18.1 Å². The van der Waals surface area contributed by atoms with Gasteiger partial charge in [0.1, 0.15) is 0 Å². The molecule has 1 aliphatic heterocycles. The van der Waals surface area contributed by atoms with Gasteiger partial charge in [-0.25, -0.2) is 8.42 Å². The van der Waals surface area contributed by atoms with Crippen molar-refractivity contribution >= 4 is 21.6 Å². The number of hydrogen-bond acceptors (Lipinski definition) is 3. The van der Waals surface area contributed by atoms with Crippen LogP contribution in [0.5, 0.6) is 0 Å². The van der Waals surface area contributed by atoms with E-state index in [1.54, 1.807) is 0 Å². The largest absolute Gasteiger partial charge is 0.356 e. The Hall–Kier alpha value is -2.34. The third-order valence-corrected chi connectivity index (χ3v) is 6.12. The van der Waals surface area contributed by atoms with Crippen LogP contribution in [0.1, 0.15) is 17.5 Å². The second-order valence-corrected chi connectivity index (χ2v) is 8.12. The van der Waals surface area contributed by atoms with Crippen molar-refractivity contribution in [2.24, 2.45) is 0 Å². The molecule has 6 heteroatoms. The summed E-state index contributed by atoms with van der Waals surface area (Å²) in [5.74, 6) is -0.398. The summed E-state index contributed by atoms with van der Waals surface area (Å²) in [6.07, 6.45) is 1.44. The monoisotopic (exact) mass is 358 g/mol. The predicted molar refractivity (Wildman–Crippen MR) is 99.1 cm³/mol. The highest BCUT2D eigenvalue weighted by atomic mass is 32.2. The second-order valence-electron chi connectivity index (χ2n) is 6.10. The van der Waals surface area contributed by atoms with Crippen LogP contribution < -0.4 is 9.62 Å². The van der Waals surface area contributed by atoms with E-state index in [1.165, 1.54) is 4.31 Å². The van der Waals surface area contributed by atoms with E-state index in [2.05, 4.69) is 5.32 Å². The molecule has 2 aromatic carbocycles. The van der Waals surface area contributed by atoms with E-state index in [0.29, 0.717) is 13.1 Å². The summed E-state index contributed by atoms with van der Waals surface area (Å²) in [5.41, 5.74) is 2.93. The summed E-state index contributed by atoms with van der Waals surface area (Å²) >= 11 is 0. The zero-order valence-electron chi connectivity index (χ0n) is 14.0. The minimum Gasteiger partial charge on any atom is -0.356 e. The van der Waals surface area contributed by atoms with Gasteiger partial charge in [0.2, 0.25) is 15.9 Å². The van der Waals surface area contributed by atoms with Crippen LogP contribution in [0.15, 0.2) is 54.6 Å². The van der Waals surface area contributed by atoms with Gasteiger partial charge < -0.3 is 5.32 Å². The Morgan fingerprint density at radius 2 is 1.76 bits per heavy atom. The maximum absolute atomic E-state index is 12.5. The molecular weight excluding hydrogens is 336 g/mol. The number of fused-ring (bicyclic) bond motifs is 1. The molecule has 1 aliphatic rings. The Morgan fingerprint density at radius 3 is 2.56 bits per heavy atom. The van der Waals surface area contributed by atoms with Gasteiger partial charge >= 0.3 is 0 Å². The van der Waals surface area contributed by atoms with Gasteiger partial charge in [-0.05, 0) is 30.0 Å². The predicted octanol–water partition coefficient (Wildman–Crippen LogP) is 2.13. The quantitative estimate of drug-likeness (QED) is 0.824. The number of benzene rings is 2. The molecule has 0 unspecified atom stereocenters. The minimum absolute atomic E-state index is 0.0181. The first-order valence-electron chi connectivity index (χ1n) is 8.45. The molecule has 132 valence electrons. The number of carbonyl (C=O) groups is 1. The van der Waals surface area contributed by atoms with E-state index in [0.717, 1.165) is 29.7 Å². The number of hydrogen-bond donors (Lipinski definition) is 1. The van der Waals surface area contributed by atoms with E-state index < -0.39 is 10.0 Å². The third-order valence-electron chi connectivity index (χ3n) is 4.35. The van der Waals surface area contributed by atoms with Crippen LogP contribution in [-0.2, 0) is 27.7 Å². The molecule has 0 radical (unpaired) electrons. The molecule has 0 fully saturated rings. The van der Waals surface area contributed by atoms with E-state index in [9.17, 15) is 13.2 Å². The van der Waals surface area contributed by atoms with Crippen LogP contribution in [0, 0.1) is 0 Å². The fourth-order valence-electron chi connectivity index (χ4n) is 3.01. The molecule has 0 aromatic heterocycles. The number of carbonyl (C=O) groups excluding carboxylic acids is 1. The van der Waals surface area contributed by atoms with Crippen molar-refractivity contribution in [2.45, 2.75) is 19.3 Å². The summed E-state index contributed by atoms with van der Waals surface area (Å²) in [4.78, 5) is 11.9. The molecule has 1 heterocycles. The topological polar surface area (TPSA) is 66.5 Å². The molecule has 0 spiro atoms. The molecule has 0 saturated heterocycles. The number of nitrogens with one attached hydrogen (secondary N) is 1. The zero-order valence-corrected chi connectivity index (χ0v) is 14.8. The van der Waals surface area contributed by atoms with Crippen molar-refractivity contribution in [3.63, 3.8) is 0 Å². The summed E-state index contributed by atoms with van der Waals surface area (Å²) in [6.45, 7) is 0.965. The van der Waals surface area contributed by atoms with Crippen molar-refractivity contribution in [1.29, 1.82) is 0 Å². The van der Waals surface area contributed by atoms with Gasteiger partial charge in [-0.3, -0.25) is 9.10 Å². The second kappa shape index (κ2) is 7.70. The zero-order chi connectivity index (χ0) is 17.7. The third kappa shape index (κ3) is 4.39. The van der Waals surface area contributed by atoms with Crippen LogP contribution in [0.3, 0.4) is 0 Å². The summed E-state index contributed by atoms with van der Waals surface area (Å²) < 4.78 is 26.5. The molecule has 25 heavy (non-hydrogen) atoms. The molecule has 5 nitrogen and oxygen atoms in total. The number of nitrogens with zero attached hydrogens (tertiary/aromatic N) is 1. The molecule has 0 atom stereocenters. The molecule has 0 aliphatic carbocycles. The highest BCUT2D eigenvalue weighted by Crippen LogP contribution is 2.30.